The first-order chi connectivity index (χ1) is 15.7. The van der Waals surface area contributed by atoms with Crippen LogP contribution < -0.4 is 0 Å². The van der Waals surface area contributed by atoms with Crippen molar-refractivity contribution < 1.29 is 19.0 Å². The van der Waals surface area contributed by atoms with Gasteiger partial charge in [-0.2, -0.15) is 0 Å². The lowest BCUT2D eigenvalue weighted by atomic mass is 9.47. The van der Waals surface area contributed by atoms with Gasteiger partial charge in [0.1, 0.15) is 6.10 Å². The van der Waals surface area contributed by atoms with Crippen molar-refractivity contribution >= 4 is 5.97 Å². The van der Waals surface area contributed by atoms with Gasteiger partial charge in [0.2, 0.25) is 0 Å². The molecule has 4 aliphatic carbocycles. The molecule has 0 aromatic heterocycles. The number of ether oxygens (including phenoxy) is 3. The van der Waals surface area contributed by atoms with E-state index in [1.165, 1.54) is 32.1 Å². The molecule has 0 aromatic rings. The third-order valence-corrected chi connectivity index (χ3v) is 11.7. The summed E-state index contributed by atoms with van der Waals surface area (Å²) in [7, 11) is 0. The summed E-state index contributed by atoms with van der Waals surface area (Å²) in [5.41, 5.74) is 2.24. The molecule has 6 aliphatic rings. The second-order valence-electron chi connectivity index (χ2n) is 13.3. The molecule has 2 saturated heterocycles. The average molecular weight is 457 g/mol. The largest absolute Gasteiger partial charge is 0.462 e. The summed E-state index contributed by atoms with van der Waals surface area (Å²) in [6.45, 7) is 12.3. The number of carbonyl (C=O) groups is 1. The van der Waals surface area contributed by atoms with Crippen LogP contribution in [0.4, 0.5) is 0 Å². The van der Waals surface area contributed by atoms with Gasteiger partial charge in [-0.15, -0.1) is 0 Å². The van der Waals surface area contributed by atoms with Gasteiger partial charge in [-0.3, -0.25) is 4.79 Å². The highest BCUT2D eigenvalue weighted by Crippen LogP contribution is 2.70. The number of rotatable bonds is 1. The lowest BCUT2D eigenvalue weighted by molar-refractivity contribution is -0.272. The number of fused-ring (bicyclic) bond motifs is 7. The summed E-state index contributed by atoms with van der Waals surface area (Å²) in [5, 5.41) is 0. The van der Waals surface area contributed by atoms with Crippen molar-refractivity contribution in [3.05, 3.63) is 11.6 Å². The van der Waals surface area contributed by atoms with E-state index in [0.717, 1.165) is 50.0 Å². The molecule has 0 radical (unpaired) electrons. The fourth-order valence-corrected chi connectivity index (χ4v) is 9.98. The predicted octanol–water partition coefficient (Wildman–Crippen LogP) is 6.28. The molecule has 0 amide bonds. The van der Waals surface area contributed by atoms with Crippen LogP contribution >= 0.6 is 0 Å². The molecule has 4 nitrogen and oxygen atoms in total. The van der Waals surface area contributed by atoms with Crippen molar-refractivity contribution in [3.8, 4) is 0 Å². The van der Waals surface area contributed by atoms with Gasteiger partial charge in [-0.05, 0) is 85.4 Å². The smallest absolute Gasteiger partial charge is 0.302 e. The fourth-order valence-electron chi connectivity index (χ4n) is 9.98. The first kappa shape index (κ1) is 22.6. The molecule has 4 heteroatoms. The molecule has 33 heavy (non-hydrogen) atoms. The van der Waals surface area contributed by atoms with Gasteiger partial charge in [0.05, 0.1) is 12.7 Å². The van der Waals surface area contributed by atoms with Gasteiger partial charge in [-0.25, -0.2) is 0 Å². The number of hydrogen-bond donors (Lipinski definition) is 0. The minimum absolute atomic E-state index is 0.0849. The van der Waals surface area contributed by atoms with Crippen LogP contribution in [0.25, 0.3) is 0 Å². The topological polar surface area (TPSA) is 44.8 Å². The van der Waals surface area contributed by atoms with Crippen molar-refractivity contribution in [2.45, 2.75) is 110 Å². The summed E-state index contributed by atoms with van der Waals surface area (Å²) < 4.78 is 19.0. The molecular weight excluding hydrogens is 412 g/mol. The Morgan fingerprint density at radius 1 is 1.09 bits per heavy atom. The third-order valence-electron chi connectivity index (χ3n) is 11.7. The average Bonchev–Trinajstić information content (AvgIpc) is 3.21. The highest BCUT2D eigenvalue weighted by molar-refractivity contribution is 5.66. The van der Waals surface area contributed by atoms with E-state index in [0.29, 0.717) is 29.3 Å². The second-order valence-corrected chi connectivity index (χ2v) is 13.3. The van der Waals surface area contributed by atoms with E-state index < -0.39 is 0 Å². The Morgan fingerprint density at radius 2 is 1.91 bits per heavy atom. The zero-order valence-corrected chi connectivity index (χ0v) is 21.4. The zero-order valence-electron chi connectivity index (χ0n) is 21.4. The van der Waals surface area contributed by atoms with Gasteiger partial charge >= 0.3 is 5.97 Å². The summed E-state index contributed by atoms with van der Waals surface area (Å²) in [6, 6.07) is 0. The monoisotopic (exact) mass is 456 g/mol. The minimum Gasteiger partial charge on any atom is -0.462 e. The van der Waals surface area contributed by atoms with Crippen LogP contribution in [0.5, 0.6) is 0 Å². The quantitative estimate of drug-likeness (QED) is 0.344. The minimum atomic E-state index is -0.312. The summed E-state index contributed by atoms with van der Waals surface area (Å²) in [5.74, 6) is 3.64. The molecule has 0 N–H and O–H groups in total. The van der Waals surface area contributed by atoms with Crippen molar-refractivity contribution in [3.63, 3.8) is 0 Å². The third kappa shape index (κ3) is 3.18. The Bertz CT molecular complexity index is 841. The Kier molecular flexibility index (Phi) is 5.18. The normalized spacial score (nSPS) is 55.2. The zero-order chi connectivity index (χ0) is 23.2. The molecule has 3 saturated carbocycles. The molecule has 0 bridgehead atoms. The van der Waals surface area contributed by atoms with E-state index in [4.69, 9.17) is 14.2 Å². The van der Waals surface area contributed by atoms with Crippen LogP contribution in [0.2, 0.25) is 0 Å². The van der Waals surface area contributed by atoms with E-state index in [9.17, 15) is 4.79 Å². The molecule has 6 rings (SSSR count). The standard InChI is InChI=1S/C29H44O4/c1-17-8-13-29(31-16-17)18(2)26-25(33-29)15-24-22-7-6-20-14-21(32-19(3)30)9-11-27(20,4)23(22)10-12-28(24,26)5/h6,17-18,21-26H,7-16H2,1-5H3/t17-,18+,21-,22-,23+,24-,25+,26+,27+,28+,29-/m1/s1. The molecule has 2 aliphatic heterocycles. The second kappa shape index (κ2) is 7.56. The Hall–Kier alpha value is -0.870. The molecule has 184 valence electrons. The molecule has 1 spiro atoms. The van der Waals surface area contributed by atoms with Gasteiger partial charge < -0.3 is 14.2 Å². The predicted molar refractivity (Wildman–Crippen MR) is 127 cm³/mol. The van der Waals surface area contributed by atoms with Crippen LogP contribution in [0.15, 0.2) is 11.6 Å². The lowest BCUT2D eigenvalue weighted by Crippen LogP contribution is -2.52. The van der Waals surface area contributed by atoms with Crippen LogP contribution in [0.1, 0.15) is 92.4 Å². The van der Waals surface area contributed by atoms with Crippen LogP contribution in [-0.2, 0) is 19.0 Å². The maximum atomic E-state index is 11.5. The van der Waals surface area contributed by atoms with Crippen LogP contribution in [0, 0.1) is 46.3 Å². The summed E-state index contributed by atoms with van der Waals surface area (Å²) in [6.07, 6.45) is 13.6. The van der Waals surface area contributed by atoms with Gasteiger partial charge in [0, 0.05) is 25.7 Å². The Morgan fingerprint density at radius 3 is 2.64 bits per heavy atom. The van der Waals surface area contributed by atoms with Crippen LogP contribution in [-0.4, -0.2) is 30.6 Å². The highest BCUT2D eigenvalue weighted by Gasteiger charge is 2.68. The molecule has 0 aromatic carbocycles. The van der Waals surface area contributed by atoms with Gasteiger partial charge in [0.25, 0.3) is 0 Å². The van der Waals surface area contributed by atoms with E-state index in [2.05, 4.69) is 33.8 Å². The number of hydrogen-bond acceptors (Lipinski definition) is 4. The molecule has 5 fully saturated rings. The molecule has 0 unspecified atom stereocenters. The van der Waals surface area contributed by atoms with E-state index >= 15 is 0 Å². The highest BCUT2D eigenvalue weighted by atomic mass is 16.7. The number of esters is 1. The maximum absolute atomic E-state index is 11.5. The lowest BCUT2D eigenvalue weighted by Gasteiger charge is -2.58. The Balaban J connectivity index is 1.24. The van der Waals surface area contributed by atoms with Crippen molar-refractivity contribution in [2.24, 2.45) is 46.3 Å². The van der Waals surface area contributed by atoms with Gasteiger partial charge in [-0.1, -0.05) is 39.3 Å². The van der Waals surface area contributed by atoms with Crippen LogP contribution in [0.3, 0.4) is 0 Å². The van der Waals surface area contributed by atoms with E-state index in [1.54, 1.807) is 12.5 Å². The fraction of sp³-hybridized carbons (Fsp3) is 0.897. The van der Waals surface area contributed by atoms with Gasteiger partial charge in [0.15, 0.2) is 5.79 Å². The molecule has 2 heterocycles. The van der Waals surface area contributed by atoms with E-state index in [-0.39, 0.29) is 23.3 Å². The first-order valence-electron chi connectivity index (χ1n) is 13.8. The maximum Gasteiger partial charge on any atom is 0.302 e. The molecule has 11 atom stereocenters. The SMILES string of the molecule is CC(=O)O[C@@H]1CC[C@@]2(C)C(=CC[C@H]3[C@H]4C[C@@H]5O[C@]6(CC[C@@H](C)CO6)[C@@H](C)[C@@H]5[C@@]4(C)CC[C@@H]32)C1. The van der Waals surface area contributed by atoms with Crippen molar-refractivity contribution in [1.29, 1.82) is 0 Å². The first-order valence-corrected chi connectivity index (χ1v) is 13.8. The van der Waals surface area contributed by atoms with Crippen molar-refractivity contribution in [1.82, 2.24) is 0 Å². The summed E-state index contributed by atoms with van der Waals surface area (Å²) >= 11 is 0. The Labute approximate surface area is 200 Å². The number of carbonyl (C=O) groups excluding carboxylic acids is 1. The van der Waals surface area contributed by atoms with Crippen molar-refractivity contribution in [2.75, 3.05) is 6.61 Å². The molecular formula is C29H44O4. The van der Waals surface area contributed by atoms with E-state index in [1.807, 2.05) is 0 Å². The summed E-state index contributed by atoms with van der Waals surface area (Å²) in [4.78, 5) is 11.5. The number of allylic oxidation sites excluding steroid dienone is 1.